The summed E-state index contributed by atoms with van der Waals surface area (Å²) in [5, 5.41) is 1.97. The van der Waals surface area contributed by atoms with E-state index in [0.717, 1.165) is 94.8 Å². The van der Waals surface area contributed by atoms with Crippen molar-refractivity contribution in [3.63, 3.8) is 0 Å². The SMILES string of the molecule is c1ccc(-c2ccc(-c3cc(-c4cccc5oc6cccc(-c7nc8ccccc8n7-c7ccccc7)c6c45)nc(-c4cccc(-c5ccccc5)c4)n3)cc2)cc1. The molecule has 0 atom stereocenters. The van der Waals surface area contributed by atoms with Crippen LogP contribution in [0.25, 0.3) is 106 Å². The molecule has 0 fully saturated rings. The molecule has 0 bridgehead atoms. The van der Waals surface area contributed by atoms with Gasteiger partial charge in [-0.3, -0.25) is 4.57 Å². The number of hydrogen-bond acceptors (Lipinski definition) is 4. The van der Waals surface area contributed by atoms with E-state index in [0.29, 0.717) is 5.82 Å². The molecule has 0 N–H and O–H groups in total. The van der Waals surface area contributed by atoms with Crippen molar-refractivity contribution in [2.75, 3.05) is 0 Å². The van der Waals surface area contributed by atoms with E-state index >= 15 is 0 Å². The van der Waals surface area contributed by atoms with Crippen molar-refractivity contribution in [1.29, 1.82) is 0 Å². The Morgan fingerprint density at radius 3 is 1.64 bits per heavy atom. The van der Waals surface area contributed by atoms with Crippen LogP contribution in [0.15, 0.2) is 211 Å². The number of para-hydroxylation sites is 3. The maximum Gasteiger partial charge on any atom is 0.160 e. The molecule has 0 spiro atoms. The predicted octanol–water partition coefficient (Wildman–Crippen LogP) is 13.7. The van der Waals surface area contributed by atoms with E-state index in [-0.39, 0.29) is 0 Å². The number of furan rings is 1. The molecule has 8 aromatic carbocycles. The van der Waals surface area contributed by atoms with Crippen LogP contribution in [0.5, 0.6) is 0 Å². The van der Waals surface area contributed by atoms with E-state index in [2.05, 4.69) is 162 Å². The lowest BCUT2D eigenvalue weighted by Crippen LogP contribution is -1.98. The van der Waals surface area contributed by atoms with Crippen molar-refractivity contribution >= 4 is 33.0 Å². The van der Waals surface area contributed by atoms with Gasteiger partial charge in [0, 0.05) is 38.7 Å². The number of nitrogens with zero attached hydrogens (tertiary/aromatic N) is 4. The number of rotatable bonds is 7. The summed E-state index contributed by atoms with van der Waals surface area (Å²) in [4.78, 5) is 15.9. The monoisotopic (exact) mass is 742 g/mol. The van der Waals surface area contributed by atoms with Gasteiger partial charge in [-0.05, 0) is 70.8 Å². The molecule has 3 aromatic heterocycles. The molecule has 0 aliphatic carbocycles. The fourth-order valence-corrected chi connectivity index (χ4v) is 8.11. The first-order chi connectivity index (χ1) is 28.7. The second-order valence-corrected chi connectivity index (χ2v) is 14.4. The molecule has 0 aliphatic heterocycles. The first-order valence-electron chi connectivity index (χ1n) is 19.4. The fourth-order valence-electron chi connectivity index (χ4n) is 8.11. The van der Waals surface area contributed by atoms with Gasteiger partial charge in [0.2, 0.25) is 0 Å². The second kappa shape index (κ2) is 14.0. The van der Waals surface area contributed by atoms with Gasteiger partial charge in [0.25, 0.3) is 0 Å². The standard InChI is InChI=1S/C53H34N4O/c1-4-15-35(16-5-1)37-29-31-38(32-30-37)45-34-46(55-52(54-45)40-20-12-19-39(33-40)36-17-6-2-7-18-36)42-23-13-27-48-50(42)51-43(24-14-28-49(51)58-48)53-56-44-25-10-11-26-47(44)57(53)41-21-8-3-9-22-41/h1-34H. The summed E-state index contributed by atoms with van der Waals surface area (Å²) in [6.07, 6.45) is 0. The van der Waals surface area contributed by atoms with Crippen molar-refractivity contribution < 1.29 is 4.42 Å². The summed E-state index contributed by atoms with van der Waals surface area (Å²) in [6, 6.07) is 71.3. The molecule has 0 unspecified atom stereocenters. The Hall–Kier alpha value is -7.89. The molecule has 0 amide bonds. The van der Waals surface area contributed by atoms with E-state index in [4.69, 9.17) is 19.4 Å². The molecule has 5 nitrogen and oxygen atoms in total. The summed E-state index contributed by atoms with van der Waals surface area (Å²) >= 11 is 0. The van der Waals surface area contributed by atoms with E-state index in [1.807, 2.05) is 48.5 Å². The Morgan fingerprint density at radius 1 is 0.362 bits per heavy atom. The van der Waals surface area contributed by atoms with Crippen LogP contribution < -0.4 is 0 Å². The van der Waals surface area contributed by atoms with Gasteiger partial charge in [0.05, 0.1) is 22.4 Å². The fraction of sp³-hybridized carbons (Fsp3) is 0. The molecule has 0 aliphatic rings. The first-order valence-corrected chi connectivity index (χ1v) is 19.4. The van der Waals surface area contributed by atoms with Crippen molar-refractivity contribution in [3.8, 4) is 73.2 Å². The van der Waals surface area contributed by atoms with Crippen LogP contribution in [0, 0.1) is 0 Å². The first kappa shape index (κ1) is 33.4. The van der Waals surface area contributed by atoms with Crippen molar-refractivity contribution in [3.05, 3.63) is 206 Å². The molecule has 58 heavy (non-hydrogen) atoms. The maximum absolute atomic E-state index is 6.67. The molecule has 0 saturated carbocycles. The highest BCUT2D eigenvalue weighted by Crippen LogP contribution is 2.43. The normalized spacial score (nSPS) is 11.4. The van der Waals surface area contributed by atoms with Crippen molar-refractivity contribution in [2.24, 2.45) is 0 Å². The number of fused-ring (bicyclic) bond motifs is 4. The average Bonchev–Trinajstić information content (AvgIpc) is 3.89. The van der Waals surface area contributed by atoms with Crippen LogP contribution in [0.4, 0.5) is 0 Å². The van der Waals surface area contributed by atoms with Gasteiger partial charge in [-0.2, -0.15) is 0 Å². The second-order valence-electron chi connectivity index (χ2n) is 14.4. The third-order valence-corrected chi connectivity index (χ3v) is 10.9. The maximum atomic E-state index is 6.67. The summed E-state index contributed by atoms with van der Waals surface area (Å²) in [6.45, 7) is 0. The lowest BCUT2D eigenvalue weighted by molar-refractivity contribution is 0.669. The van der Waals surface area contributed by atoms with Crippen molar-refractivity contribution in [1.82, 2.24) is 19.5 Å². The van der Waals surface area contributed by atoms with Gasteiger partial charge in [-0.25, -0.2) is 15.0 Å². The van der Waals surface area contributed by atoms with Gasteiger partial charge < -0.3 is 4.42 Å². The van der Waals surface area contributed by atoms with Gasteiger partial charge in [-0.15, -0.1) is 0 Å². The zero-order chi connectivity index (χ0) is 38.4. The van der Waals surface area contributed by atoms with E-state index in [9.17, 15) is 0 Å². The van der Waals surface area contributed by atoms with Gasteiger partial charge in [-0.1, -0.05) is 158 Å². The quantitative estimate of drug-likeness (QED) is 0.163. The minimum absolute atomic E-state index is 0.647. The summed E-state index contributed by atoms with van der Waals surface area (Å²) < 4.78 is 8.91. The molecule has 0 radical (unpaired) electrons. The number of hydrogen-bond donors (Lipinski definition) is 0. The van der Waals surface area contributed by atoms with Gasteiger partial charge >= 0.3 is 0 Å². The van der Waals surface area contributed by atoms with Crippen LogP contribution in [0.1, 0.15) is 0 Å². The summed E-state index contributed by atoms with van der Waals surface area (Å²) in [7, 11) is 0. The molecule has 3 heterocycles. The lowest BCUT2D eigenvalue weighted by Gasteiger charge is -2.13. The Bertz CT molecular complexity index is 3260. The minimum atomic E-state index is 0.647. The van der Waals surface area contributed by atoms with Crippen LogP contribution in [0.2, 0.25) is 0 Å². The molecule has 0 saturated heterocycles. The van der Waals surface area contributed by atoms with Gasteiger partial charge in [0.1, 0.15) is 17.0 Å². The highest BCUT2D eigenvalue weighted by Gasteiger charge is 2.23. The number of aromatic nitrogens is 4. The summed E-state index contributed by atoms with van der Waals surface area (Å²) in [5.41, 5.74) is 14.6. The Balaban J connectivity index is 1.14. The highest BCUT2D eigenvalue weighted by atomic mass is 16.3. The molecular formula is C53H34N4O. The predicted molar refractivity (Wildman–Crippen MR) is 237 cm³/mol. The Kier molecular flexibility index (Phi) is 8.07. The van der Waals surface area contributed by atoms with Crippen LogP contribution >= 0.6 is 0 Å². The van der Waals surface area contributed by atoms with E-state index < -0.39 is 0 Å². The molecule has 11 aromatic rings. The highest BCUT2D eigenvalue weighted by molar-refractivity contribution is 6.17. The van der Waals surface area contributed by atoms with Crippen molar-refractivity contribution in [2.45, 2.75) is 0 Å². The summed E-state index contributed by atoms with van der Waals surface area (Å²) in [5.74, 6) is 1.49. The van der Waals surface area contributed by atoms with Crippen LogP contribution in [-0.4, -0.2) is 19.5 Å². The third kappa shape index (κ3) is 5.85. The van der Waals surface area contributed by atoms with E-state index in [1.165, 1.54) is 5.56 Å². The molecular weight excluding hydrogens is 709 g/mol. The largest absolute Gasteiger partial charge is 0.456 e. The van der Waals surface area contributed by atoms with Gasteiger partial charge in [0.15, 0.2) is 5.82 Å². The molecule has 11 rings (SSSR count). The van der Waals surface area contributed by atoms with Crippen LogP contribution in [-0.2, 0) is 0 Å². The lowest BCUT2D eigenvalue weighted by atomic mass is 9.98. The molecule has 272 valence electrons. The minimum Gasteiger partial charge on any atom is -0.456 e. The topological polar surface area (TPSA) is 56.7 Å². The Morgan fingerprint density at radius 2 is 0.897 bits per heavy atom. The smallest absolute Gasteiger partial charge is 0.160 e. The number of benzene rings is 8. The third-order valence-electron chi connectivity index (χ3n) is 10.9. The molecule has 5 heteroatoms. The van der Waals surface area contributed by atoms with E-state index in [1.54, 1.807) is 0 Å². The number of imidazole rings is 1. The Labute approximate surface area is 335 Å². The zero-order valence-corrected chi connectivity index (χ0v) is 31.3. The zero-order valence-electron chi connectivity index (χ0n) is 31.3. The average molecular weight is 743 g/mol. The van der Waals surface area contributed by atoms with Crippen LogP contribution in [0.3, 0.4) is 0 Å².